The van der Waals surface area contributed by atoms with Crippen LogP contribution in [0.25, 0.3) is 21.9 Å². The first-order valence-corrected chi connectivity index (χ1v) is 11.2. The molecule has 0 unspecified atom stereocenters. The molecule has 0 saturated carbocycles. The predicted octanol–water partition coefficient (Wildman–Crippen LogP) is 4.91. The molecule has 1 amide bonds. The van der Waals surface area contributed by atoms with Crippen LogP contribution in [0.4, 0.5) is 11.4 Å². The molecule has 1 aliphatic rings. The zero-order valence-electron chi connectivity index (χ0n) is 19.0. The second-order valence-electron chi connectivity index (χ2n) is 8.24. The monoisotopic (exact) mass is 497 g/mol. The lowest BCUT2D eigenvalue weighted by Crippen LogP contribution is -2.29. The first-order chi connectivity index (χ1) is 16.8. The number of aromatic nitrogens is 1. The molecule has 180 valence electrons. The third kappa shape index (κ3) is 3.40. The number of aryl methyl sites for hydroxylation is 1. The second-order valence-corrected chi connectivity index (χ2v) is 8.54. The van der Waals surface area contributed by atoms with Gasteiger partial charge in [0.05, 0.1) is 35.9 Å². The number of hydrogen-bond acceptors (Lipinski definition) is 7. The number of hydrogen-bond donors (Lipinski definition) is 1. The number of carbonyl (C=O) groups is 2. The number of fused-ring (bicyclic) bond motifs is 4. The molecule has 2 aromatic carbocycles. The summed E-state index contributed by atoms with van der Waals surface area (Å²) in [4.78, 5) is 41.6. The third-order valence-electron chi connectivity index (χ3n) is 6.31. The highest BCUT2D eigenvalue weighted by atomic mass is 35.5. The summed E-state index contributed by atoms with van der Waals surface area (Å²) in [5, 5.41) is 12.2. The number of amides is 1. The van der Waals surface area contributed by atoms with Crippen LogP contribution in [0, 0.1) is 17.0 Å². The Morgan fingerprint density at radius 3 is 2.71 bits per heavy atom. The molecule has 3 heterocycles. The number of anilines is 1. The Balaban J connectivity index is 1.68. The van der Waals surface area contributed by atoms with Crippen molar-refractivity contribution >= 4 is 56.7 Å². The standard InChI is InChI=1S/C24H20ClN3O7/c1-11-19(24(30)34-3)21-20-13(9-25)10-27(15(20)8-17(33-2)22(21)26-11)23(29)18-7-12-6-14(28(31)32)4-5-16(12)35-18/h4-8,13,26H,9-10H2,1-3H3/t13-/m1/s1. The van der Waals surface area contributed by atoms with E-state index in [1.165, 1.54) is 43.4 Å². The average Bonchev–Trinajstić information content (AvgIpc) is 3.54. The lowest BCUT2D eigenvalue weighted by atomic mass is 9.95. The van der Waals surface area contributed by atoms with Gasteiger partial charge in [0.1, 0.15) is 11.3 Å². The molecular formula is C24H20ClN3O7. The van der Waals surface area contributed by atoms with E-state index in [0.717, 1.165) is 5.56 Å². The van der Waals surface area contributed by atoms with E-state index in [1.807, 2.05) is 0 Å². The predicted molar refractivity (Wildman–Crippen MR) is 129 cm³/mol. The highest BCUT2D eigenvalue weighted by Crippen LogP contribution is 2.47. The van der Waals surface area contributed by atoms with Crippen molar-refractivity contribution in [3.05, 3.63) is 63.0 Å². The highest BCUT2D eigenvalue weighted by molar-refractivity contribution is 6.20. The van der Waals surface area contributed by atoms with Crippen LogP contribution in [-0.2, 0) is 4.74 Å². The van der Waals surface area contributed by atoms with Gasteiger partial charge in [0.25, 0.3) is 11.6 Å². The molecule has 0 aliphatic carbocycles. The van der Waals surface area contributed by atoms with Gasteiger partial charge in [-0.15, -0.1) is 11.6 Å². The molecule has 10 nitrogen and oxygen atoms in total. The number of furan rings is 1. The van der Waals surface area contributed by atoms with Gasteiger partial charge in [-0.3, -0.25) is 14.9 Å². The average molecular weight is 498 g/mol. The van der Waals surface area contributed by atoms with Crippen molar-refractivity contribution in [3.63, 3.8) is 0 Å². The van der Waals surface area contributed by atoms with Gasteiger partial charge >= 0.3 is 5.97 Å². The topological polar surface area (TPSA) is 128 Å². The number of benzene rings is 2. The number of carbonyl (C=O) groups excluding carboxylic acids is 2. The van der Waals surface area contributed by atoms with Gasteiger partial charge in [-0.1, -0.05) is 0 Å². The Hall–Kier alpha value is -4.05. The molecule has 11 heteroatoms. The zero-order chi connectivity index (χ0) is 25.0. The summed E-state index contributed by atoms with van der Waals surface area (Å²) >= 11 is 6.33. The van der Waals surface area contributed by atoms with E-state index in [9.17, 15) is 19.7 Å². The minimum Gasteiger partial charge on any atom is -0.494 e. The van der Waals surface area contributed by atoms with E-state index in [4.69, 9.17) is 25.5 Å². The quantitative estimate of drug-likeness (QED) is 0.179. The van der Waals surface area contributed by atoms with E-state index in [0.29, 0.717) is 44.6 Å². The zero-order valence-corrected chi connectivity index (χ0v) is 19.8. The van der Waals surface area contributed by atoms with Gasteiger partial charge in [-0.2, -0.15) is 0 Å². The molecule has 0 spiro atoms. The van der Waals surface area contributed by atoms with Crippen molar-refractivity contribution in [1.82, 2.24) is 4.98 Å². The Morgan fingerprint density at radius 1 is 1.29 bits per heavy atom. The van der Waals surface area contributed by atoms with Crippen LogP contribution in [0.15, 0.2) is 34.7 Å². The number of nitrogens with one attached hydrogen (secondary N) is 1. The SMILES string of the molecule is COC(=O)c1c(C)[nH]c2c(OC)cc3c(c12)[C@H](CCl)CN3C(=O)c1cc2cc([N+](=O)[O-])ccc2o1. The summed E-state index contributed by atoms with van der Waals surface area (Å²) in [6.45, 7) is 2.02. The summed E-state index contributed by atoms with van der Waals surface area (Å²) in [6.07, 6.45) is 0. The maximum atomic E-state index is 13.6. The van der Waals surface area contributed by atoms with Gasteiger partial charge in [-0.05, 0) is 24.6 Å². The fraction of sp³-hybridized carbons (Fsp3) is 0.250. The first kappa shape index (κ1) is 22.7. The number of nitro benzene ring substituents is 1. The number of nitro groups is 1. The van der Waals surface area contributed by atoms with Gasteiger partial charge in [0.15, 0.2) is 5.76 Å². The Bertz CT molecular complexity index is 1540. The summed E-state index contributed by atoms with van der Waals surface area (Å²) in [7, 11) is 2.81. The van der Waals surface area contributed by atoms with Crippen LogP contribution in [0.3, 0.4) is 0 Å². The first-order valence-electron chi connectivity index (χ1n) is 10.7. The molecule has 0 bridgehead atoms. The molecule has 0 radical (unpaired) electrons. The molecule has 0 fully saturated rings. The molecule has 1 atom stereocenters. The van der Waals surface area contributed by atoms with Crippen molar-refractivity contribution in [2.75, 3.05) is 31.5 Å². The molecular weight excluding hydrogens is 478 g/mol. The van der Waals surface area contributed by atoms with E-state index in [2.05, 4.69) is 4.98 Å². The Morgan fingerprint density at radius 2 is 2.06 bits per heavy atom. The molecule has 1 aliphatic heterocycles. The van der Waals surface area contributed by atoms with Crippen LogP contribution < -0.4 is 9.64 Å². The fourth-order valence-corrected chi connectivity index (χ4v) is 5.00. The molecule has 5 rings (SSSR count). The normalized spacial score (nSPS) is 15.0. The lowest BCUT2D eigenvalue weighted by molar-refractivity contribution is -0.384. The largest absolute Gasteiger partial charge is 0.494 e. The summed E-state index contributed by atoms with van der Waals surface area (Å²) < 4.78 is 16.3. The van der Waals surface area contributed by atoms with Crippen LogP contribution >= 0.6 is 11.6 Å². The number of alkyl halides is 1. The molecule has 2 aromatic heterocycles. The van der Waals surface area contributed by atoms with Gasteiger partial charge < -0.3 is 23.8 Å². The number of aromatic amines is 1. The number of H-pyrrole nitrogens is 1. The number of esters is 1. The Kier molecular flexibility index (Phi) is 5.40. The van der Waals surface area contributed by atoms with E-state index >= 15 is 0 Å². The van der Waals surface area contributed by atoms with Crippen LogP contribution in [0.5, 0.6) is 5.75 Å². The molecule has 1 N–H and O–H groups in total. The molecule has 0 saturated heterocycles. The van der Waals surface area contributed by atoms with Crippen molar-refractivity contribution in [2.24, 2.45) is 0 Å². The fourth-order valence-electron chi connectivity index (χ4n) is 4.75. The van der Waals surface area contributed by atoms with Crippen molar-refractivity contribution in [1.29, 1.82) is 0 Å². The molecule has 4 aromatic rings. The van der Waals surface area contributed by atoms with Crippen LogP contribution in [0.2, 0.25) is 0 Å². The van der Waals surface area contributed by atoms with Crippen LogP contribution in [0.1, 0.15) is 38.1 Å². The summed E-state index contributed by atoms with van der Waals surface area (Å²) in [6, 6.07) is 7.34. The summed E-state index contributed by atoms with van der Waals surface area (Å²) in [5.74, 6) is -0.542. The highest BCUT2D eigenvalue weighted by Gasteiger charge is 2.38. The van der Waals surface area contributed by atoms with Crippen molar-refractivity contribution in [3.8, 4) is 5.75 Å². The number of nitrogens with zero attached hydrogens (tertiary/aromatic N) is 2. The van der Waals surface area contributed by atoms with E-state index in [-0.39, 0.29) is 29.8 Å². The minimum absolute atomic E-state index is 0.0270. The molecule has 35 heavy (non-hydrogen) atoms. The number of rotatable bonds is 5. The van der Waals surface area contributed by atoms with Crippen molar-refractivity contribution in [2.45, 2.75) is 12.8 Å². The maximum absolute atomic E-state index is 13.6. The van der Waals surface area contributed by atoms with Crippen molar-refractivity contribution < 1.29 is 28.4 Å². The van der Waals surface area contributed by atoms with E-state index in [1.54, 1.807) is 13.0 Å². The van der Waals surface area contributed by atoms with Gasteiger partial charge in [-0.25, -0.2) is 4.79 Å². The number of methoxy groups -OCH3 is 2. The number of ether oxygens (including phenoxy) is 2. The minimum atomic E-state index is -0.513. The van der Waals surface area contributed by atoms with Crippen LogP contribution in [-0.4, -0.2) is 48.4 Å². The number of halogens is 1. The third-order valence-corrected chi connectivity index (χ3v) is 6.68. The number of non-ortho nitro benzene ring substituents is 1. The Labute approximate surface area is 203 Å². The van der Waals surface area contributed by atoms with E-state index < -0.39 is 16.8 Å². The van der Waals surface area contributed by atoms with Gasteiger partial charge in [0.2, 0.25) is 0 Å². The van der Waals surface area contributed by atoms with Gasteiger partial charge in [0, 0.05) is 53.0 Å². The summed E-state index contributed by atoms with van der Waals surface area (Å²) in [5.41, 5.74) is 3.12. The second kappa shape index (κ2) is 8.31. The maximum Gasteiger partial charge on any atom is 0.340 e. The lowest BCUT2D eigenvalue weighted by Gasteiger charge is -2.17. The smallest absolute Gasteiger partial charge is 0.340 e.